The zero-order valence-corrected chi connectivity index (χ0v) is 13.9. The Hall–Kier alpha value is -1.13. The fourth-order valence-corrected chi connectivity index (χ4v) is 2.54. The quantitative estimate of drug-likeness (QED) is 0.905. The first-order valence-electron chi connectivity index (χ1n) is 7.03. The lowest BCUT2D eigenvalue weighted by Gasteiger charge is -2.28. The summed E-state index contributed by atoms with van der Waals surface area (Å²) in [6.07, 6.45) is 0.692. The van der Waals surface area contributed by atoms with Crippen LogP contribution in [0.15, 0.2) is 18.2 Å². The Morgan fingerprint density at radius 2 is 2.05 bits per heavy atom. The summed E-state index contributed by atoms with van der Waals surface area (Å²) < 4.78 is 13.8. The van der Waals surface area contributed by atoms with E-state index in [0.29, 0.717) is 17.0 Å². The number of nitrogens with two attached hydrogens (primary N) is 1. The lowest BCUT2D eigenvalue weighted by Crippen LogP contribution is -2.38. The van der Waals surface area contributed by atoms with Crippen molar-refractivity contribution in [2.75, 3.05) is 13.6 Å². The van der Waals surface area contributed by atoms with E-state index >= 15 is 0 Å². The first kappa shape index (κ1) is 17.9. The topological polar surface area (TPSA) is 46.3 Å². The van der Waals surface area contributed by atoms with Crippen molar-refractivity contribution < 1.29 is 9.18 Å². The largest absolute Gasteiger partial charge is 0.341 e. The molecule has 1 rings (SSSR count). The second-order valence-corrected chi connectivity index (χ2v) is 7.00. The highest BCUT2D eigenvalue weighted by atomic mass is 35.5. The third kappa shape index (κ3) is 5.29. The molecule has 0 aliphatic heterocycles. The van der Waals surface area contributed by atoms with Gasteiger partial charge in [-0.15, -0.1) is 0 Å². The molecule has 2 N–H and O–H groups in total. The Kier molecular flexibility index (Phi) is 6.17. The van der Waals surface area contributed by atoms with E-state index in [1.54, 1.807) is 19.2 Å². The van der Waals surface area contributed by atoms with Crippen molar-refractivity contribution in [2.24, 2.45) is 17.1 Å². The summed E-state index contributed by atoms with van der Waals surface area (Å²) in [5.74, 6) is -0.741. The Morgan fingerprint density at radius 1 is 1.43 bits per heavy atom. The zero-order chi connectivity index (χ0) is 16.2. The van der Waals surface area contributed by atoms with Crippen LogP contribution in [0.3, 0.4) is 0 Å². The minimum absolute atomic E-state index is 0.0101. The molecule has 0 saturated carbocycles. The lowest BCUT2D eigenvalue weighted by molar-refractivity contribution is -0.135. The van der Waals surface area contributed by atoms with Gasteiger partial charge in [-0.1, -0.05) is 38.4 Å². The number of rotatable bonds is 5. The van der Waals surface area contributed by atoms with E-state index in [1.807, 2.05) is 0 Å². The standard InChI is InChI=1S/C16H24ClFN2O/c1-16(2,3)8-11(9-19)15(21)20(4)10-12-13(17)6-5-7-14(12)18/h5-7,11H,8-10,19H2,1-4H3. The van der Waals surface area contributed by atoms with Crippen LogP contribution in [0.2, 0.25) is 5.02 Å². The molecule has 0 radical (unpaired) electrons. The number of halogens is 2. The summed E-state index contributed by atoms with van der Waals surface area (Å²) in [5.41, 5.74) is 6.07. The Bertz CT molecular complexity index is 479. The second kappa shape index (κ2) is 7.23. The molecular weight excluding hydrogens is 291 g/mol. The normalized spacial score (nSPS) is 13.1. The van der Waals surface area contributed by atoms with Crippen LogP contribution in [0.4, 0.5) is 4.39 Å². The molecule has 1 aromatic rings. The van der Waals surface area contributed by atoms with Gasteiger partial charge in [0.15, 0.2) is 0 Å². The maximum Gasteiger partial charge on any atom is 0.227 e. The fraction of sp³-hybridized carbons (Fsp3) is 0.562. The van der Waals surface area contributed by atoms with Crippen molar-refractivity contribution in [2.45, 2.75) is 33.7 Å². The van der Waals surface area contributed by atoms with Gasteiger partial charge in [0, 0.05) is 30.7 Å². The maximum absolute atomic E-state index is 13.8. The summed E-state index contributed by atoms with van der Waals surface area (Å²) in [6.45, 7) is 6.63. The molecule has 3 nitrogen and oxygen atoms in total. The molecule has 1 amide bonds. The molecule has 0 aliphatic rings. The van der Waals surface area contributed by atoms with Crippen LogP contribution in [0.5, 0.6) is 0 Å². The Labute approximate surface area is 131 Å². The summed E-state index contributed by atoms with van der Waals surface area (Å²) in [6, 6.07) is 4.51. The molecule has 5 heteroatoms. The van der Waals surface area contributed by atoms with Gasteiger partial charge >= 0.3 is 0 Å². The van der Waals surface area contributed by atoms with Crippen LogP contribution < -0.4 is 5.73 Å². The van der Waals surface area contributed by atoms with Crippen LogP contribution in [-0.4, -0.2) is 24.4 Å². The van der Waals surface area contributed by atoms with Crippen LogP contribution in [-0.2, 0) is 11.3 Å². The predicted molar refractivity (Wildman–Crippen MR) is 84.5 cm³/mol. The minimum Gasteiger partial charge on any atom is -0.341 e. The van der Waals surface area contributed by atoms with Crippen molar-refractivity contribution in [1.29, 1.82) is 0 Å². The average molecular weight is 315 g/mol. The van der Waals surface area contributed by atoms with Crippen LogP contribution in [0.1, 0.15) is 32.8 Å². The van der Waals surface area contributed by atoms with E-state index < -0.39 is 5.82 Å². The van der Waals surface area contributed by atoms with Crippen LogP contribution >= 0.6 is 11.6 Å². The van der Waals surface area contributed by atoms with Gasteiger partial charge in [-0.3, -0.25) is 4.79 Å². The number of hydrogen-bond acceptors (Lipinski definition) is 2. The van der Waals surface area contributed by atoms with Crippen molar-refractivity contribution in [3.8, 4) is 0 Å². The molecule has 0 bridgehead atoms. The first-order chi connectivity index (χ1) is 9.65. The van der Waals surface area contributed by atoms with Crippen molar-refractivity contribution in [3.05, 3.63) is 34.6 Å². The highest BCUT2D eigenvalue weighted by molar-refractivity contribution is 6.31. The number of benzene rings is 1. The molecule has 1 unspecified atom stereocenters. The molecule has 1 aromatic carbocycles. The third-order valence-corrected chi connectivity index (χ3v) is 3.68. The van der Waals surface area contributed by atoms with Gasteiger partial charge in [-0.2, -0.15) is 0 Å². The molecule has 0 aliphatic carbocycles. The second-order valence-electron chi connectivity index (χ2n) is 6.59. The highest BCUT2D eigenvalue weighted by Crippen LogP contribution is 2.26. The molecule has 0 saturated heterocycles. The molecule has 0 heterocycles. The van der Waals surface area contributed by atoms with Crippen LogP contribution in [0, 0.1) is 17.2 Å². The van der Waals surface area contributed by atoms with Crippen molar-refractivity contribution >= 4 is 17.5 Å². The van der Waals surface area contributed by atoms with Gasteiger partial charge in [-0.05, 0) is 24.0 Å². The van der Waals surface area contributed by atoms with E-state index in [-0.39, 0.29) is 30.3 Å². The number of nitrogens with zero attached hydrogens (tertiary/aromatic N) is 1. The van der Waals surface area contributed by atoms with E-state index in [4.69, 9.17) is 17.3 Å². The average Bonchev–Trinajstić information content (AvgIpc) is 2.38. The molecule has 1 atom stereocenters. The molecule has 0 fully saturated rings. The van der Waals surface area contributed by atoms with Gasteiger partial charge in [0.2, 0.25) is 5.91 Å². The Morgan fingerprint density at radius 3 is 2.52 bits per heavy atom. The summed E-state index contributed by atoms with van der Waals surface area (Å²) in [5, 5.41) is 0.328. The summed E-state index contributed by atoms with van der Waals surface area (Å²) in [4.78, 5) is 14.0. The van der Waals surface area contributed by atoms with E-state index in [2.05, 4.69) is 20.8 Å². The molecule has 118 valence electrons. The SMILES string of the molecule is CN(Cc1c(F)cccc1Cl)C(=O)C(CN)CC(C)(C)C. The van der Waals surface area contributed by atoms with Crippen molar-refractivity contribution in [3.63, 3.8) is 0 Å². The third-order valence-electron chi connectivity index (χ3n) is 3.33. The van der Waals surface area contributed by atoms with Gasteiger partial charge in [-0.25, -0.2) is 4.39 Å². The molecule has 0 aromatic heterocycles. The smallest absolute Gasteiger partial charge is 0.227 e. The number of carbonyl (C=O) groups is 1. The minimum atomic E-state index is -0.401. The number of carbonyl (C=O) groups excluding carboxylic acids is 1. The fourth-order valence-electron chi connectivity index (χ4n) is 2.32. The summed E-state index contributed by atoms with van der Waals surface area (Å²) in [7, 11) is 1.65. The predicted octanol–water partition coefficient (Wildman–Crippen LogP) is 3.45. The van der Waals surface area contributed by atoms with Gasteiger partial charge < -0.3 is 10.6 Å². The number of hydrogen-bond donors (Lipinski definition) is 1. The summed E-state index contributed by atoms with van der Waals surface area (Å²) >= 11 is 6.00. The molecular formula is C16H24ClFN2O. The van der Waals surface area contributed by atoms with E-state index in [1.165, 1.54) is 11.0 Å². The van der Waals surface area contributed by atoms with Gasteiger partial charge in [0.1, 0.15) is 5.82 Å². The zero-order valence-electron chi connectivity index (χ0n) is 13.1. The maximum atomic E-state index is 13.8. The molecule has 0 spiro atoms. The van der Waals surface area contributed by atoms with Gasteiger partial charge in [0.05, 0.1) is 5.92 Å². The first-order valence-corrected chi connectivity index (χ1v) is 7.41. The monoisotopic (exact) mass is 314 g/mol. The van der Waals surface area contributed by atoms with E-state index in [0.717, 1.165) is 0 Å². The highest BCUT2D eigenvalue weighted by Gasteiger charge is 2.26. The van der Waals surface area contributed by atoms with Crippen molar-refractivity contribution in [1.82, 2.24) is 4.90 Å². The van der Waals surface area contributed by atoms with Crippen LogP contribution in [0.25, 0.3) is 0 Å². The lowest BCUT2D eigenvalue weighted by atomic mass is 9.84. The van der Waals surface area contributed by atoms with E-state index in [9.17, 15) is 9.18 Å². The Balaban J connectivity index is 2.82. The van der Waals surface area contributed by atoms with Gasteiger partial charge in [0.25, 0.3) is 0 Å². The molecule has 21 heavy (non-hydrogen) atoms. The number of amides is 1.